The minimum Gasteiger partial charge on any atom is -0.294 e. The molecule has 2 aromatic rings. The van der Waals surface area contributed by atoms with Gasteiger partial charge in [0.25, 0.3) is 0 Å². The molecule has 0 unspecified atom stereocenters. The normalized spacial score (nSPS) is 11.2. The summed E-state index contributed by atoms with van der Waals surface area (Å²) < 4.78 is 0. The van der Waals surface area contributed by atoms with Gasteiger partial charge in [0.2, 0.25) is 0 Å². The van der Waals surface area contributed by atoms with Crippen LogP contribution in [-0.2, 0) is 9.59 Å². The zero-order chi connectivity index (χ0) is 16.7. The molecule has 2 aromatic carbocycles. The fraction of sp³-hybridized carbons (Fsp3) is 0.0526. The zero-order valence-electron chi connectivity index (χ0n) is 12.2. The van der Waals surface area contributed by atoms with E-state index >= 15 is 0 Å². The maximum atomic E-state index is 11.8. The summed E-state index contributed by atoms with van der Waals surface area (Å²) in [6, 6.07) is 14.3. The molecular weight excluding hydrogens is 331 g/mol. The predicted octanol–water partition coefficient (Wildman–Crippen LogP) is 5.25. The standard InChI is InChI=1S/C19H14Cl2O2/c20-18-7-3-1-5-14(18)9-11-16(22)13-17(23)12-10-15-6-2-4-8-19(15)21/h1-12H,13H2/b11-9+,12-10+. The van der Waals surface area contributed by atoms with E-state index in [9.17, 15) is 9.59 Å². The van der Waals surface area contributed by atoms with Crippen LogP contribution in [0.3, 0.4) is 0 Å². The molecule has 0 spiro atoms. The molecule has 0 radical (unpaired) electrons. The van der Waals surface area contributed by atoms with Crippen molar-refractivity contribution < 1.29 is 9.59 Å². The van der Waals surface area contributed by atoms with Gasteiger partial charge in [-0.2, -0.15) is 0 Å². The maximum absolute atomic E-state index is 11.8. The third-order valence-corrected chi connectivity index (χ3v) is 3.74. The largest absolute Gasteiger partial charge is 0.294 e. The summed E-state index contributed by atoms with van der Waals surface area (Å²) in [5.74, 6) is -0.558. The van der Waals surface area contributed by atoms with Gasteiger partial charge >= 0.3 is 0 Å². The van der Waals surface area contributed by atoms with Gasteiger partial charge in [0.1, 0.15) is 0 Å². The molecule has 0 fully saturated rings. The lowest BCUT2D eigenvalue weighted by Gasteiger charge is -1.97. The lowest BCUT2D eigenvalue weighted by molar-refractivity contribution is -0.121. The first kappa shape index (κ1) is 17.2. The highest BCUT2D eigenvalue weighted by atomic mass is 35.5. The number of ketones is 2. The van der Waals surface area contributed by atoms with E-state index in [0.29, 0.717) is 10.0 Å². The minimum absolute atomic E-state index is 0.193. The van der Waals surface area contributed by atoms with E-state index in [1.807, 2.05) is 24.3 Å². The quantitative estimate of drug-likeness (QED) is 0.529. The third kappa shape index (κ3) is 5.51. The van der Waals surface area contributed by atoms with Crippen molar-refractivity contribution in [3.8, 4) is 0 Å². The lowest BCUT2D eigenvalue weighted by atomic mass is 10.1. The van der Waals surface area contributed by atoms with Gasteiger partial charge in [-0.1, -0.05) is 59.6 Å². The third-order valence-electron chi connectivity index (χ3n) is 3.06. The summed E-state index contributed by atoms with van der Waals surface area (Å²) in [6.07, 6.45) is 5.75. The van der Waals surface area contributed by atoms with E-state index in [1.165, 1.54) is 12.2 Å². The van der Waals surface area contributed by atoms with Crippen LogP contribution in [0.25, 0.3) is 12.2 Å². The van der Waals surface area contributed by atoms with Crippen molar-refractivity contribution >= 4 is 46.9 Å². The van der Waals surface area contributed by atoms with E-state index in [4.69, 9.17) is 23.2 Å². The molecule has 0 heterocycles. The second-order valence-corrected chi connectivity index (χ2v) is 5.63. The van der Waals surface area contributed by atoms with Crippen molar-refractivity contribution in [2.24, 2.45) is 0 Å². The van der Waals surface area contributed by atoms with Crippen LogP contribution >= 0.6 is 23.2 Å². The number of hydrogen-bond acceptors (Lipinski definition) is 2. The van der Waals surface area contributed by atoms with Gasteiger partial charge in [-0.25, -0.2) is 0 Å². The Morgan fingerprint density at radius 1 is 0.739 bits per heavy atom. The number of carbonyl (C=O) groups is 2. The number of rotatable bonds is 6. The fourth-order valence-corrected chi connectivity index (χ4v) is 2.27. The van der Waals surface area contributed by atoms with Crippen LogP contribution in [0, 0.1) is 0 Å². The van der Waals surface area contributed by atoms with Crippen LogP contribution in [-0.4, -0.2) is 11.6 Å². The minimum atomic E-state index is -0.279. The number of allylic oxidation sites excluding steroid dienone is 2. The predicted molar refractivity (Wildman–Crippen MR) is 95.6 cm³/mol. The molecule has 116 valence electrons. The first-order valence-corrected chi connectivity index (χ1v) is 7.73. The molecule has 0 bridgehead atoms. The molecule has 0 aliphatic carbocycles. The van der Waals surface area contributed by atoms with Gasteiger partial charge < -0.3 is 0 Å². The summed E-state index contributed by atoms with van der Waals surface area (Å²) >= 11 is 12.0. The molecule has 0 aromatic heterocycles. The van der Waals surface area contributed by atoms with Crippen molar-refractivity contribution in [2.45, 2.75) is 6.42 Å². The van der Waals surface area contributed by atoms with E-state index in [2.05, 4.69) is 0 Å². The van der Waals surface area contributed by atoms with Crippen molar-refractivity contribution in [3.63, 3.8) is 0 Å². The van der Waals surface area contributed by atoms with Crippen LogP contribution in [0.15, 0.2) is 60.7 Å². The molecule has 0 aliphatic rings. The molecule has 0 saturated heterocycles. The first-order valence-electron chi connectivity index (χ1n) is 6.97. The first-order chi connectivity index (χ1) is 11.1. The van der Waals surface area contributed by atoms with Gasteiger partial charge in [-0.15, -0.1) is 0 Å². The number of hydrogen-bond donors (Lipinski definition) is 0. The molecule has 0 N–H and O–H groups in total. The van der Waals surface area contributed by atoms with Gasteiger partial charge in [-0.05, 0) is 47.6 Å². The Morgan fingerprint density at radius 3 is 1.52 bits per heavy atom. The average molecular weight is 345 g/mol. The average Bonchev–Trinajstić information content (AvgIpc) is 2.53. The Balaban J connectivity index is 1.94. The maximum Gasteiger partial charge on any atom is 0.163 e. The molecule has 0 saturated carbocycles. The Bertz CT molecular complexity index is 711. The summed E-state index contributed by atoms with van der Waals surface area (Å²) in [7, 11) is 0. The molecule has 0 atom stereocenters. The van der Waals surface area contributed by atoms with Gasteiger partial charge in [0, 0.05) is 10.0 Å². The highest BCUT2D eigenvalue weighted by Crippen LogP contribution is 2.17. The second kappa shape index (κ2) is 8.47. The number of halogens is 2. The van der Waals surface area contributed by atoms with E-state index in [1.54, 1.807) is 36.4 Å². The van der Waals surface area contributed by atoms with Crippen LogP contribution in [0.2, 0.25) is 10.0 Å². The van der Waals surface area contributed by atoms with Gasteiger partial charge in [0.15, 0.2) is 11.6 Å². The van der Waals surface area contributed by atoms with Crippen molar-refractivity contribution in [3.05, 3.63) is 81.9 Å². The summed E-state index contributed by atoms with van der Waals surface area (Å²) in [5.41, 5.74) is 1.48. The Morgan fingerprint density at radius 2 is 1.13 bits per heavy atom. The lowest BCUT2D eigenvalue weighted by Crippen LogP contribution is -2.01. The Kier molecular flexibility index (Phi) is 6.33. The smallest absolute Gasteiger partial charge is 0.163 e. The number of carbonyl (C=O) groups excluding carboxylic acids is 2. The van der Waals surface area contributed by atoms with Crippen LogP contribution in [0.1, 0.15) is 17.5 Å². The van der Waals surface area contributed by atoms with Crippen molar-refractivity contribution in [2.75, 3.05) is 0 Å². The van der Waals surface area contributed by atoms with Crippen LogP contribution in [0.4, 0.5) is 0 Å². The van der Waals surface area contributed by atoms with Crippen LogP contribution in [0.5, 0.6) is 0 Å². The Hall–Kier alpha value is -2.16. The Labute approximate surface area is 145 Å². The molecule has 2 rings (SSSR count). The monoisotopic (exact) mass is 344 g/mol. The van der Waals surface area contributed by atoms with Crippen molar-refractivity contribution in [1.82, 2.24) is 0 Å². The topological polar surface area (TPSA) is 34.1 Å². The summed E-state index contributed by atoms with van der Waals surface area (Å²) in [6.45, 7) is 0. The molecule has 4 heteroatoms. The van der Waals surface area contributed by atoms with E-state index < -0.39 is 0 Å². The summed E-state index contributed by atoms with van der Waals surface area (Å²) in [5, 5.41) is 1.11. The molecular formula is C19H14Cl2O2. The van der Waals surface area contributed by atoms with Crippen LogP contribution < -0.4 is 0 Å². The highest BCUT2D eigenvalue weighted by molar-refractivity contribution is 6.32. The number of benzene rings is 2. The SMILES string of the molecule is O=C(/C=C/c1ccccc1Cl)CC(=O)/C=C/c1ccccc1Cl. The zero-order valence-corrected chi connectivity index (χ0v) is 13.7. The highest BCUT2D eigenvalue weighted by Gasteiger charge is 2.04. The van der Waals surface area contributed by atoms with Crippen molar-refractivity contribution in [1.29, 1.82) is 0 Å². The fourth-order valence-electron chi connectivity index (χ4n) is 1.88. The molecule has 23 heavy (non-hydrogen) atoms. The van der Waals surface area contributed by atoms with E-state index in [-0.39, 0.29) is 18.0 Å². The molecule has 0 amide bonds. The molecule has 2 nitrogen and oxygen atoms in total. The van der Waals surface area contributed by atoms with Gasteiger partial charge in [-0.3, -0.25) is 9.59 Å². The summed E-state index contributed by atoms with van der Waals surface area (Å²) in [4.78, 5) is 23.6. The second-order valence-electron chi connectivity index (χ2n) is 4.82. The van der Waals surface area contributed by atoms with Gasteiger partial charge in [0.05, 0.1) is 6.42 Å². The molecule has 0 aliphatic heterocycles. The van der Waals surface area contributed by atoms with E-state index in [0.717, 1.165) is 11.1 Å².